The highest BCUT2D eigenvalue weighted by Crippen LogP contribution is 2.31. The molecule has 1 aliphatic heterocycles. The number of pyridine rings is 1. The number of piperazine rings is 1. The maximum Gasteiger partial charge on any atom is 0.274 e. The molecule has 3 rings (SSSR count). The average molecular weight is 389 g/mol. The summed E-state index contributed by atoms with van der Waals surface area (Å²) in [6.07, 6.45) is 2.48. The van der Waals surface area contributed by atoms with E-state index in [4.69, 9.17) is 16.3 Å². The summed E-state index contributed by atoms with van der Waals surface area (Å²) in [5, 5.41) is 3.40. The van der Waals surface area contributed by atoms with Gasteiger partial charge >= 0.3 is 0 Å². The lowest BCUT2D eigenvalue weighted by molar-refractivity contribution is -0.118. The SMILES string of the molecule is COc1cc(Cl)c(C)cc1NC(=O)c1cc(N2CCN(C=O)CC2)ccn1. The van der Waals surface area contributed by atoms with Crippen molar-refractivity contribution >= 4 is 35.3 Å². The smallest absolute Gasteiger partial charge is 0.274 e. The molecule has 1 fully saturated rings. The van der Waals surface area contributed by atoms with Gasteiger partial charge in [-0.25, -0.2) is 0 Å². The molecule has 0 aliphatic carbocycles. The number of amides is 2. The summed E-state index contributed by atoms with van der Waals surface area (Å²) in [5.74, 6) is 0.156. The molecule has 0 atom stereocenters. The maximum absolute atomic E-state index is 12.7. The molecule has 1 aromatic heterocycles. The minimum atomic E-state index is -0.330. The van der Waals surface area contributed by atoms with Gasteiger partial charge in [-0.15, -0.1) is 0 Å². The van der Waals surface area contributed by atoms with Gasteiger partial charge in [-0.3, -0.25) is 14.6 Å². The van der Waals surface area contributed by atoms with Gasteiger partial charge in [0.25, 0.3) is 5.91 Å². The molecule has 0 spiro atoms. The first-order valence-electron chi connectivity index (χ1n) is 8.57. The third-order valence-corrected chi connectivity index (χ3v) is 4.94. The number of aromatic nitrogens is 1. The molecule has 1 aliphatic rings. The minimum Gasteiger partial charge on any atom is -0.495 e. The van der Waals surface area contributed by atoms with E-state index in [0.717, 1.165) is 17.7 Å². The van der Waals surface area contributed by atoms with Crippen LogP contribution < -0.4 is 15.0 Å². The van der Waals surface area contributed by atoms with Crippen molar-refractivity contribution in [3.05, 3.63) is 46.7 Å². The molecule has 142 valence electrons. The molecule has 0 bridgehead atoms. The van der Waals surface area contributed by atoms with Crippen molar-refractivity contribution in [1.82, 2.24) is 9.88 Å². The summed E-state index contributed by atoms with van der Waals surface area (Å²) in [5.41, 5.74) is 2.58. The number of rotatable bonds is 5. The number of carbonyl (C=O) groups excluding carboxylic acids is 2. The van der Waals surface area contributed by atoms with Crippen LogP contribution in [0.3, 0.4) is 0 Å². The summed E-state index contributed by atoms with van der Waals surface area (Å²) in [7, 11) is 1.52. The molecule has 0 unspecified atom stereocenters. The molecule has 8 heteroatoms. The molecule has 1 aromatic carbocycles. The Bertz CT molecular complexity index is 851. The highest BCUT2D eigenvalue weighted by atomic mass is 35.5. The van der Waals surface area contributed by atoms with Gasteiger partial charge < -0.3 is 19.9 Å². The number of aryl methyl sites for hydroxylation is 1. The van der Waals surface area contributed by atoms with Crippen LogP contribution in [0.5, 0.6) is 5.75 Å². The van der Waals surface area contributed by atoms with Crippen LogP contribution in [0.4, 0.5) is 11.4 Å². The Labute approximate surface area is 162 Å². The number of carbonyl (C=O) groups is 2. The largest absolute Gasteiger partial charge is 0.495 e. The molecule has 1 saturated heterocycles. The van der Waals surface area contributed by atoms with Crippen LogP contribution >= 0.6 is 11.6 Å². The number of hydrogen-bond acceptors (Lipinski definition) is 5. The van der Waals surface area contributed by atoms with E-state index in [0.29, 0.717) is 48.3 Å². The third kappa shape index (κ3) is 4.31. The lowest BCUT2D eigenvalue weighted by Gasteiger charge is -2.34. The van der Waals surface area contributed by atoms with E-state index in [-0.39, 0.29) is 5.91 Å². The molecule has 2 heterocycles. The quantitative estimate of drug-likeness (QED) is 0.797. The zero-order chi connectivity index (χ0) is 19.4. The van der Waals surface area contributed by atoms with E-state index in [1.54, 1.807) is 29.3 Å². The lowest BCUT2D eigenvalue weighted by Crippen LogP contribution is -2.45. The number of hydrogen-bond donors (Lipinski definition) is 1. The maximum atomic E-state index is 12.7. The summed E-state index contributed by atoms with van der Waals surface area (Å²) < 4.78 is 5.30. The number of ether oxygens (including phenoxy) is 1. The number of methoxy groups -OCH3 is 1. The van der Waals surface area contributed by atoms with Crippen LogP contribution in [0, 0.1) is 6.92 Å². The number of benzene rings is 1. The van der Waals surface area contributed by atoms with Crippen molar-refractivity contribution < 1.29 is 14.3 Å². The van der Waals surface area contributed by atoms with Crippen LogP contribution in [0.1, 0.15) is 16.1 Å². The fraction of sp³-hybridized carbons (Fsp3) is 0.316. The van der Waals surface area contributed by atoms with Crippen LogP contribution in [0.15, 0.2) is 30.5 Å². The van der Waals surface area contributed by atoms with Crippen molar-refractivity contribution in [3.8, 4) is 5.75 Å². The van der Waals surface area contributed by atoms with Gasteiger partial charge in [-0.1, -0.05) is 11.6 Å². The van der Waals surface area contributed by atoms with Crippen molar-refractivity contribution in [2.24, 2.45) is 0 Å². The fourth-order valence-electron chi connectivity index (χ4n) is 2.94. The minimum absolute atomic E-state index is 0.306. The topological polar surface area (TPSA) is 74.8 Å². The number of nitrogens with zero attached hydrogens (tertiary/aromatic N) is 3. The lowest BCUT2D eigenvalue weighted by atomic mass is 10.2. The van der Waals surface area contributed by atoms with Gasteiger partial charge in [-0.05, 0) is 30.7 Å². The molecule has 2 aromatic rings. The number of anilines is 2. The van der Waals surface area contributed by atoms with Gasteiger partial charge in [-0.2, -0.15) is 0 Å². The highest BCUT2D eigenvalue weighted by Gasteiger charge is 2.18. The van der Waals surface area contributed by atoms with E-state index in [2.05, 4.69) is 15.2 Å². The van der Waals surface area contributed by atoms with Crippen molar-refractivity contribution in [2.45, 2.75) is 6.92 Å². The van der Waals surface area contributed by atoms with Gasteiger partial charge in [0.2, 0.25) is 6.41 Å². The predicted octanol–water partition coefficient (Wildman–Crippen LogP) is 2.58. The Morgan fingerprint density at radius 2 is 2.00 bits per heavy atom. The second-order valence-electron chi connectivity index (χ2n) is 6.28. The normalized spacial score (nSPS) is 14.0. The van der Waals surface area contributed by atoms with Crippen LogP contribution in [0.25, 0.3) is 0 Å². The van der Waals surface area contributed by atoms with E-state index in [9.17, 15) is 9.59 Å². The van der Waals surface area contributed by atoms with Crippen LogP contribution in [-0.4, -0.2) is 55.5 Å². The summed E-state index contributed by atoms with van der Waals surface area (Å²) in [4.78, 5) is 31.6. The fourth-order valence-corrected chi connectivity index (χ4v) is 3.10. The molecular formula is C19H21ClN4O3. The van der Waals surface area contributed by atoms with E-state index in [1.807, 2.05) is 13.0 Å². The molecule has 7 nitrogen and oxygen atoms in total. The van der Waals surface area contributed by atoms with Gasteiger partial charge in [0.05, 0.1) is 12.8 Å². The van der Waals surface area contributed by atoms with E-state index in [1.165, 1.54) is 7.11 Å². The monoisotopic (exact) mass is 388 g/mol. The highest BCUT2D eigenvalue weighted by molar-refractivity contribution is 6.31. The zero-order valence-corrected chi connectivity index (χ0v) is 16.0. The van der Waals surface area contributed by atoms with Gasteiger partial charge in [0.1, 0.15) is 11.4 Å². The Morgan fingerprint density at radius 1 is 1.26 bits per heavy atom. The number of nitrogens with one attached hydrogen (secondary N) is 1. The first-order valence-corrected chi connectivity index (χ1v) is 8.95. The number of halogens is 1. The molecule has 0 radical (unpaired) electrons. The summed E-state index contributed by atoms with van der Waals surface area (Å²) in [6, 6.07) is 7.05. The average Bonchev–Trinajstić information content (AvgIpc) is 2.70. The van der Waals surface area contributed by atoms with Gasteiger partial charge in [0, 0.05) is 49.2 Å². The Morgan fingerprint density at radius 3 is 2.67 bits per heavy atom. The van der Waals surface area contributed by atoms with Gasteiger partial charge in [0.15, 0.2) is 0 Å². The third-order valence-electron chi connectivity index (χ3n) is 4.53. The van der Waals surface area contributed by atoms with E-state index >= 15 is 0 Å². The van der Waals surface area contributed by atoms with Crippen molar-refractivity contribution in [3.63, 3.8) is 0 Å². The Hall–Kier alpha value is -2.80. The van der Waals surface area contributed by atoms with E-state index < -0.39 is 0 Å². The van der Waals surface area contributed by atoms with Crippen LogP contribution in [0.2, 0.25) is 5.02 Å². The molecule has 1 N–H and O–H groups in total. The Balaban J connectivity index is 1.76. The standard InChI is InChI=1S/C19H21ClN4O3/c1-13-9-16(18(27-2)11-15(13)20)22-19(26)17-10-14(3-4-21-17)24-7-5-23(12-25)6-8-24/h3-4,9-12H,5-8H2,1-2H3,(H,22,26). The predicted molar refractivity (Wildman–Crippen MR) is 105 cm³/mol. The Kier molecular flexibility index (Phi) is 5.81. The molecule has 0 saturated carbocycles. The summed E-state index contributed by atoms with van der Waals surface area (Å²) in [6.45, 7) is 4.61. The van der Waals surface area contributed by atoms with Crippen molar-refractivity contribution in [2.75, 3.05) is 43.5 Å². The first kappa shape index (κ1) is 19.0. The van der Waals surface area contributed by atoms with Crippen LogP contribution in [-0.2, 0) is 4.79 Å². The second kappa shape index (κ2) is 8.26. The zero-order valence-electron chi connectivity index (χ0n) is 15.2. The molecular weight excluding hydrogens is 368 g/mol. The first-order chi connectivity index (χ1) is 13.0. The second-order valence-corrected chi connectivity index (χ2v) is 6.69. The summed E-state index contributed by atoms with van der Waals surface area (Å²) >= 11 is 6.11. The molecule has 2 amide bonds. The molecule has 27 heavy (non-hydrogen) atoms. The van der Waals surface area contributed by atoms with Crippen molar-refractivity contribution in [1.29, 1.82) is 0 Å².